The molecule has 0 bridgehead atoms. The van der Waals surface area contributed by atoms with Crippen molar-refractivity contribution in [2.45, 2.75) is 33.4 Å². The Morgan fingerprint density at radius 2 is 2.00 bits per heavy atom. The SMILES string of the molecule is Cc1cc(NC(=O)Cn2nc(C(F)F)c([N+](=O)[O-])c2C)nn1Cc1c(F)cccc1Cl. The molecule has 1 aromatic carbocycles. The molecule has 164 valence electrons. The summed E-state index contributed by atoms with van der Waals surface area (Å²) in [5.74, 6) is -1.06. The first-order chi connectivity index (χ1) is 14.6. The minimum Gasteiger partial charge on any atom is -0.308 e. The average molecular weight is 457 g/mol. The molecule has 2 aromatic heterocycles. The molecule has 0 spiro atoms. The van der Waals surface area contributed by atoms with Crippen molar-refractivity contribution < 1.29 is 22.9 Å². The zero-order chi connectivity index (χ0) is 22.9. The molecule has 31 heavy (non-hydrogen) atoms. The molecule has 0 aliphatic heterocycles. The summed E-state index contributed by atoms with van der Waals surface area (Å²) >= 11 is 6.03. The fourth-order valence-electron chi connectivity index (χ4n) is 2.97. The highest BCUT2D eigenvalue weighted by Crippen LogP contribution is 2.30. The number of aryl methyl sites for hydroxylation is 1. The number of rotatable bonds is 7. The fourth-order valence-corrected chi connectivity index (χ4v) is 3.19. The Labute approximate surface area is 178 Å². The molecule has 0 aliphatic rings. The van der Waals surface area contributed by atoms with Crippen molar-refractivity contribution in [1.82, 2.24) is 19.6 Å². The summed E-state index contributed by atoms with van der Waals surface area (Å²) in [6.07, 6.45) is -3.16. The molecule has 3 rings (SSSR count). The molecule has 0 aliphatic carbocycles. The number of benzene rings is 1. The number of nitro groups is 1. The Kier molecular flexibility index (Phi) is 6.29. The minimum atomic E-state index is -3.16. The highest BCUT2D eigenvalue weighted by atomic mass is 35.5. The number of nitrogens with zero attached hydrogens (tertiary/aromatic N) is 5. The zero-order valence-corrected chi connectivity index (χ0v) is 17.0. The monoisotopic (exact) mass is 456 g/mol. The van der Waals surface area contributed by atoms with Crippen molar-refractivity contribution in [3.63, 3.8) is 0 Å². The van der Waals surface area contributed by atoms with Gasteiger partial charge in [-0.3, -0.25) is 24.3 Å². The fraction of sp³-hybridized carbons (Fsp3) is 0.278. The lowest BCUT2D eigenvalue weighted by Gasteiger charge is -2.08. The van der Waals surface area contributed by atoms with Crippen molar-refractivity contribution in [1.29, 1.82) is 0 Å². The summed E-state index contributed by atoms with van der Waals surface area (Å²) in [5, 5.41) is 21.4. The van der Waals surface area contributed by atoms with Gasteiger partial charge in [0.25, 0.3) is 6.43 Å². The first-order valence-electron chi connectivity index (χ1n) is 8.85. The maximum absolute atomic E-state index is 14.0. The van der Waals surface area contributed by atoms with E-state index < -0.39 is 41.0 Å². The number of hydrogen-bond donors (Lipinski definition) is 1. The standard InChI is InChI=1S/C18H16ClF3N6O3/c1-9-6-14(24-26(9)7-11-12(19)4-3-5-13(11)20)23-15(29)8-27-10(2)17(28(30)31)16(25-27)18(21)22/h3-6,18H,7-8H2,1-2H3,(H,23,24,29). The minimum absolute atomic E-state index is 0.0232. The number of anilines is 1. The molecule has 0 radical (unpaired) electrons. The van der Waals surface area contributed by atoms with Crippen LogP contribution in [0.2, 0.25) is 5.02 Å². The van der Waals surface area contributed by atoms with Gasteiger partial charge >= 0.3 is 5.69 Å². The number of amides is 1. The molecular formula is C18H16ClF3N6O3. The third-order valence-corrected chi connectivity index (χ3v) is 4.86. The van der Waals surface area contributed by atoms with E-state index >= 15 is 0 Å². The third-order valence-electron chi connectivity index (χ3n) is 4.50. The lowest BCUT2D eigenvalue weighted by atomic mass is 10.2. The topological polar surface area (TPSA) is 108 Å². The quantitative estimate of drug-likeness (QED) is 0.426. The van der Waals surface area contributed by atoms with E-state index in [1.165, 1.54) is 29.8 Å². The van der Waals surface area contributed by atoms with Crippen LogP contribution in [-0.4, -0.2) is 30.4 Å². The van der Waals surface area contributed by atoms with Crippen LogP contribution in [0.4, 0.5) is 24.7 Å². The average Bonchev–Trinajstić information content (AvgIpc) is 3.18. The molecule has 13 heteroatoms. The number of carbonyl (C=O) groups excluding carboxylic acids is 1. The Bertz CT molecular complexity index is 1140. The number of hydrogen-bond acceptors (Lipinski definition) is 5. The normalized spacial score (nSPS) is 11.2. The molecule has 0 atom stereocenters. The molecule has 3 aromatic rings. The molecule has 1 N–H and O–H groups in total. The number of alkyl halides is 2. The smallest absolute Gasteiger partial charge is 0.308 e. The Hall–Kier alpha value is -3.41. The number of nitrogens with one attached hydrogen (secondary N) is 1. The Morgan fingerprint density at radius 1 is 1.29 bits per heavy atom. The second-order valence-electron chi connectivity index (χ2n) is 6.61. The van der Waals surface area contributed by atoms with Crippen LogP contribution in [0.3, 0.4) is 0 Å². The molecule has 0 fully saturated rings. The van der Waals surface area contributed by atoms with Gasteiger partial charge < -0.3 is 5.32 Å². The van der Waals surface area contributed by atoms with Gasteiger partial charge in [0, 0.05) is 22.3 Å². The predicted octanol–water partition coefficient (Wildman–Crippen LogP) is 4.02. The van der Waals surface area contributed by atoms with E-state index in [1.54, 1.807) is 13.0 Å². The van der Waals surface area contributed by atoms with Gasteiger partial charge in [-0.15, -0.1) is 0 Å². The van der Waals surface area contributed by atoms with Crippen molar-refractivity contribution in [3.05, 3.63) is 67.9 Å². The van der Waals surface area contributed by atoms with Gasteiger partial charge in [0.1, 0.15) is 18.1 Å². The first-order valence-corrected chi connectivity index (χ1v) is 9.23. The predicted molar refractivity (Wildman–Crippen MR) is 105 cm³/mol. The highest BCUT2D eigenvalue weighted by molar-refractivity contribution is 6.31. The van der Waals surface area contributed by atoms with Crippen LogP contribution < -0.4 is 5.32 Å². The maximum atomic E-state index is 14.0. The van der Waals surface area contributed by atoms with Gasteiger partial charge in [-0.05, 0) is 26.0 Å². The number of carbonyl (C=O) groups is 1. The van der Waals surface area contributed by atoms with Crippen LogP contribution >= 0.6 is 11.6 Å². The van der Waals surface area contributed by atoms with E-state index in [0.717, 1.165) is 4.68 Å². The molecule has 0 unspecified atom stereocenters. The number of halogens is 4. The molecule has 9 nitrogen and oxygen atoms in total. The van der Waals surface area contributed by atoms with E-state index in [4.69, 9.17) is 11.6 Å². The van der Waals surface area contributed by atoms with Gasteiger partial charge in [0.2, 0.25) is 11.6 Å². The van der Waals surface area contributed by atoms with Crippen LogP contribution in [0, 0.1) is 29.8 Å². The molecule has 0 saturated carbocycles. The molecule has 0 saturated heterocycles. The second-order valence-corrected chi connectivity index (χ2v) is 7.02. The van der Waals surface area contributed by atoms with Crippen molar-refractivity contribution >= 4 is 29.0 Å². The molecule has 1 amide bonds. The van der Waals surface area contributed by atoms with Gasteiger partial charge in [-0.2, -0.15) is 10.2 Å². The lowest BCUT2D eigenvalue weighted by molar-refractivity contribution is -0.386. The van der Waals surface area contributed by atoms with E-state index in [0.29, 0.717) is 5.69 Å². The van der Waals surface area contributed by atoms with Gasteiger partial charge in [-0.1, -0.05) is 17.7 Å². The highest BCUT2D eigenvalue weighted by Gasteiger charge is 2.31. The van der Waals surface area contributed by atoms with Gasteiger partial charge in [-0.25, -0.2) is 13.2 Å². The number of aromatic nitrogens is 4. The van der Waals surface area contributed by atoms with Crippen molar-refractivity contribution in [2.24, 2.45) is 0 Å². The zero-order valence-electron chi connectivity index (χ0n) is 16.3. The van der Waals surface area contributed by atoms with Crippen molar-refractivity contribution in [2.75, 3.05) is 5.32 Å². The van der Waals surface area contributed by atoms with E-state index in [-0.39, 0.29) is 28.6 Å². The maximum Gasteiger partial charge on any atom is 0.319 e. The first kappa shape index (κ1) is 22.3. The van der Waals surface area contributed by atoms with Gasteiger partial charge in [0.15, 0.2) is 5.82 Å². The molecular weight excluding hydrogens is 441 g/mol. The van der Waals surface area contributed by atoms with E-state index in [9.17, 15) is 28.1 Å². The Balaban J connectivity index is 1.76. The lowest BCUT2D eigenvalue weighted by Crippen LogP contribution is -2.21. The largest absolute Gasteiger partial charge is 0.319 e. The molecule has 2 heterocycles. The third kappa shape index (κ3) is 4.68. The van der Waals surface area contributed by atoms with Crippen LogP contribution in [0.1, 0.15) is 29.1 Å². The summed E-state index contributed by atoms with van der Waals surface area (Å²) in [7, 11) is 0. The summed E-state index contributed by atoms with van der Waals surface area (Å²) < 4.78 is 42.3. The Morgan fingerprint density at radius 3 is 2.58 bits per heavy atom. The van der Waals surface area contributed by atoms with E-state index in [1.807, 2.05) is 0 Å². The summed E-state index contributed by atoms with van der Waals surface area (Å²) in [5.41, 5.74) is -1.18. The van der Waals surface area contributed by atoms with Crippen LogP contribution in [0.5, 0.6) is 0 Å². The van der Waals surface area contributed by atoms with Gasteiger partial charge in [0.05, 0.1) is 11.5 Å². The van der Waals surface area contributed by atoms with Crippen molar-refractivity contribution in [3.8, 4) is 0 Å². The summed E-state index contributed by atoms with van der Waals surface area (Å²) in [6.45, 7) is 2.40. The van der Waals surface area contributed by atoms with Crippen LogP contribution in [0.15, 0.2) is 24.3 Å². The van der Waals surface area contributed by atoms with E-state index in [2.05, 4.69) is 15.5 Å². The second kappa shape index (κ2) is 8.76. The summed E-state index contributed by atoms with van der Waals surface area (Å²) in [4.78, 5) is 22.4. The summed E-state index contributed by atoms with van der Waals surface area (Å²) in [6, 6.07) is 5.81. The van der Waals surface area contributed by atoms with Crippen LogP contribution in [-0.2, 0) is 17.9 Å². The van der Waals surface area contributed by atoms with Crippen LogP contribution in [0.25, 0.3) is 0 Å².